The van der Waals surface area contributed by atoms with Gasteiger partial charge in [-0.2, -0.15) is 5.48 Å². The van der Waals surface area contributed by atoms with Gasteiger partial charge in [-0.1, -0.05) is 62.9 Å². The Hall–Kier alpha value is -2.46. The molecule has 3 fully saturated rings. The summed E-state index contributed by atoms with van der Waals surface area (Å²) in [6.45, 7) is 2.63. The lowest BCUT2D eigenvalue weighted by Gasteiger charge is -2.33. The van der Waals surface area contributed by atoms with Gasteiger partial charge in [-0.15, -0.1) is 0 Å². The van der Waals surface area contributed by atoms with Gasteiger partial charge < -0.3 is 4.84 Å². The lowest BCUT2D eigenvalue weighted by molar-refractivity contribution is 0.0245. The highest BCUT2D eigenvalue weighted by Gasteiger charge is 2.81. The summed E-state index contributed by atoms with van der Waals surface area (Å²) in [5.74, 6) is 0.297. The van der Waals surface area contributed by atoms with E-state index in [1.165, 1.54) is 56.9 Å². The maximum Gasteiger partial charge on any atom is 0.478 e. The first-order chi connectivity index (χ1) is 15.6. The van der Waals surface area contributed by atoms with Gasteiger partial charge in [-0.05, 0) is 72.3 Å². The van der Waals surface area contributed by atoms with Crippen LogP contribution in [0.4, 0.5) is 0 Å². The average Bonchev–Trinajstić information content (AvgIpc) is 3.48. The highest BCUT2D eigenvalue weighted by Crippen LogP contribution is 2.81. The molecule has 1 N–H and O–H groups in total. The number of carbonyl (C=O) groups excluding carboxylic acids is 2. The molecule has 2 aromatic carbocycles. The third-order valence-electron chi connectivity index (χ3n) is 8.60. The molecule has 0 spiro atoms. The Kier molecular flexibility index (Phi) is 5.66. The van der Waals surface area contributed by atoms with E-state index in [0.29, 0.717) is 17.9 Å². The number of hydrogen-bond acceptors (Lipinski definition) is 4. The zero-order valence-electron chi connectivity index (χ0n) is 18.9. The minimum atomic E-state index is -0.421. The van der Waals surface area contributed by atoms with Crippen LogP contribution in [0.15, 0.2) is 54.6 Å². The summed E-state index contributed by atoms with van der Waals surface area (Å²) in [5.41, 5.74) is 5.75. The fraction of sp³-hybridized carbons (Fsp3) is 0.500. The molecule has 167 valence electrons. The van der Waals surface area contributed by atoms with Crippen molar-refractivity contribution in [2.75, 3.05) is 6.54 Å². The fourth-order valence-electron chi connectivity index (χ4n) is 6.95. The van der Waals surface area contributed by atoms with Crippen LogP contribution in [-0.2, 0) is 4.84 Å². The van der Waals surface area contributed by atoms with Crippen molar-refractivity contribution in [2.24, 2.45) is 16.7 Å². The Morgan fingerprint density at radius 3 is 2.03 bits per heavy atom. The number of nitrogens with one attached hydrogen (secondary N) is 1. The van der Waals surface area contributed by atoms with E-state index >= 15 is 0 Å². The van der Waals surface area contributed by atoms with Crippen LogP contribution in [0.25, 0.3) is 0 Å². The molecule has 3 aliphatic carbocycles. The minimum Gasteiger partial charge on any atom is -0.367 e. The van der Waals surface area contributed by atoms with Crippen LogP contribution < -0.4 is 5.48 Å². The van der Waals surface area contributed by atoms with E-state index in [1.807, 2.05) is 30.3 Å². The molecule has 4 nitrogen and oxygen atoms in total. The van der Waals surface area contributed by atoms with E-state index in [4.69, 9.17) is 4.84 Å². The fourth-order valence-corrected chi connectivity index (χ4v) is 6.95. The first-order valence-electron chi connectivity index (χ1n) is 12.2. The topological polar surface area (TPSA) is 58.2 Å². The van der Waals surface area contributed by atoms with Crippen molar-refractivity contribution >= 4 is 11.8 Å². The Labute approximate surface area is 190 Å². The Balaban J connectivity index is 1.19. The molecule has 3 aliphatic rings. The van der Waals surface area contributed by atoms with Gasteiger partial charge in [0.05, 0.1) is 11.1 Å². The number of hydroxylamine groups is 1. The average molecular weight is 432 g/mol. The number of hydrogen-bond donors (Lipinski definition) is 1. The van der Waals surface area contributed by atoms with Gasteiger partial charge in [0.15, 0.2) is 0 Å². The van der Waals surface area contributed by atoms with Gasteiger partial charge in [-0.25, -0.2) is 4.79 Å². The molecule has 4 heteroatoms. The van der Waals surface area contributed by atoms with Crippen LogP contribution in [0.5, 0.6) is 0 Å². The standard InChI is InChI=1S/C28H33NO3/c1-20(21-9-3-2-4-10-21)19-29-32-26(31)23-13-11-22(12-14-23)24(30)25-27-15-5-6-16-28(25,27)18-8-7-17-27/h2-4,9-14,20,25,29H,5-8,15-19H2,1H3/q+1. The molecule has 0 aliphatic heterocycles. The van der Waals surface area contributed by atoms with E-state index < -0.39 is 5.97 Å². The molecular formula is C28H33NO3+. The van der Waals surface area contributed by atoms with Crippen molar-refractivity contribution in [3.8, 4) is 0 Å². The van der Waals surface area contributed by atoms with Gasteiger partial charge in [0.25, 0.3) is 0 Å². The molecule has 0 amide bonds. The number of rotatable bonds is 7. The molecule has 1 unspecified atom stereocenters. The monoisotopic (exact) mass is 431 g/mol. The van der Waals surface area contributed by atoms with Crippen molar-refractivity contribution in [2.45, 2.75) is 64.2 Å². The van der Waals surface area contributed by atoms with Crippen LogP contribution in [0, 0.1) is 16.7 Å². The summed E-state index contributed by atoms with van der Waals surface area (Å²) in [6.07, 6.45) is 9.97. The normalized spacial score (nSPS) is 29.3. The van der Waals surface area contributed by atoms with E-state index in [1.54, 1.807) is 12.1 Å². The van der Waals surface area contributed by atoms with E-state index in [0.717, 1.165) is 5.56 Å². The molecule has 0 aromatic heterocycles. The van der Waals surface area contributed by atoms with Crippen molar-refractivity contribution in [3.63, 3.8) is 0 Å². The Morgan fingerprint density at radius 2 is 1.47 bits per heavy atom. The molecule has 1 atom stereocenters. The third-order valence-corrected chi connectivity index (χ3v) is 8.60. The van der Waals surface area contributed by atoms with Gasteiger partial charge >= 0.3 is 11.8 Å². The van der Waals surface area contributed by atoms with Crippen molar-refractivity contribution in [1.29, 1.82) is 0 Å². The number of ketones is 1. The second-order valence-electron chi connectivity index (χ2n) is 10.2. The molecule has 3 saturated carbocycles. The van der Waals surface area contributed by atoms with Gasteiger partial charge in [0.2, 0.25) is 4.79 Å². The first-order valence-corrected chi connectivity index (χ1v) is 12.2. The molecule has 5 rings (SSSR count). The quantitative estimate of drug-likeness (QED) is 0.328. The SMILES string of the molecule is CC(CNOC(=O)c1ccc(C(=[O+])C2C34CCCCC23CCCC4)cc1)c1ccccc1. The molecule has 1 radical (unpaired) electrons. The zero-order valence-corrected chi connectivity index (χ0v) is 18.9. The second kappa shape index (κ2) is 8.47. The van der Waals surface area contributed by atoms with Crippen LogP contribution in [0.2, 0.25) is 0 Å². The van der Waals surface area contributed by atoms with Crippen LogP contribution in [0.3, 0.4) is 0 Å². The number of Topliss-reactive ketones (excluding diaryl/α,β-unsaturated/α-hetero) is 1. The molecule has 32 heavy (non-hydrogen) atoms. The molecule has 0 saturated heterocycles. The van der Waals surface area contributed by atoms with Gasteiger partial charge in [0, 0.05) is 6.54 Å². The lowest BCUT2D eigenvalue weighted by atomic mass is 9.71. The first kappa shape index (κ1) is 21.4. The lowest BCUT2D eigenvalue weighted by Crippen LogP contribution is -2.24. The predicted octanol–water partition coefficient (Wildman–Crippen LogP) is 6.09. The van der Waals surface area contributed by atoms with Gasteiger partial charge in [0.1, 0.15) is 5.92 Å². The summed E-state index contributed by atoms with van der Waals surface area (Å²) in [4.78, 5) is 31.2. The van der Waals surface area contributed by atoms with Crippen LogP contribution in [0.1, 0.15) is 90.5 Å². The van der Waals surface area contributed by atoms with E-state index in [2.05, 4.69) is 24.5 Å². The molecule has 0 bridgehead atoms. The van der Waals surface area contributed by atoms with E-state index in [-0.39, 0.29) is 22.7 Å². The maximum absolute atomic E-state index is 13.5. The minimum absolute atomic E-state index is 0.193. The smallest absolute Gasteiger partial charge is 0.367 e. The highest BCUT2D eigenvalue weighted by atomic mass is 16.7. The van der Waals surface area contributed by atoms with Crippen molar-refractivity contribution < 1.29 is 14.4 Å². The maximum atomic E-state index is 13.5. The summed E-state index contributed by atoms with van der Waals surface area (Å²) in [6, 6.07) is 17.2. The number of benzene rings is 2. The summed E-state index contributed by atoms with van der Waals surface area (Å²) >= 11 is 0. The second-order valence-corrected chi connectivity index (χ2v) is 10.2. The number of carbonyl (C=O) groups is 2. The van der Waals surface area contributed by atoms with Crippen molar-refractivity contribution in [3.05, 3.63) is 71.3 Å². The summed E-state index contributed by atoms with van der Waals surface area (Å²) < 4.78 is 0. The molecular weight excluding hydrogens is 398 g/mol. The largest absolute Gasteiger partial charge is 0.478 e. The summed E-state index contributed by atoms with van der Waals surface area (Å²) in [5, 5.41) is 0. The molecule has 2 aromatic rings. The van der Waals surface area contributed by atoms with Crippen LogP contribution in [-0.4, -0.2) is 18.3 Å². The summed E-state index contributed by atoms with van der Waals surface area (Å²) in [7, 11) is 0. The Bertz CT molecular complexity index is 947. The third kappa shape index (κ3) is 3.49. The Morgan fingerprint density at radius 1 is 0.938 bits per heavy atom. The van der Waals surface area contributed by atoms with Crippen molar-refractivity contribution in [1.82, 2.24) is 5.48 Å². The van der Waals surface area contributed by atoms with E-state index in [9.17, 15) is 9.59 Å². The molecule has 0 heterocycles. The van der Waals surface area contributed by atoms with Gasteiger partial charge in [-0.3, -0.25) is 0 Å². The highest BCUT2D eigenvalue weighted by molar-refractivity contribution is 6.02. The predicted molar refractivity (Wildman–Crippen MR) is 124 cm³/mol. The zero-order chi connectivity index (χ0) is 22.2. The van der Waals surface area contributed by atoms with Crippen LogP contribution >= 0.6 is 0 Å².